The Labute approximate surface area is 80.4 Å². The van der Waals surface area contributed by atoms with Gasteiger partial charge in [-0.1, -0.05) is 6.92 Å². The van der Waals surface area contributed by atoms with E-state index in [9.17, 15) is 0 Å². The molecule has 0 aliphatic carbocycles. The first-order valence-corrected chi connectivity index (χ1v) is 4.94. The molecular weight excluding hydrogens is 160 g/mol. The summed E-state index contributed by atoms with van der Waals surface area (Å²) in [6.45, 7) is 6.28. The molecule has 0 saturated carbocycles. The van der Waals surface area contributed by atoms with Crippen molar-refractivity contribution < 1.29 is 0 Å². The molecule has 2 heteroatoms. The normalized spacial score (nSPS) is 9.69. The zero-order valence-corrected chi connectivity index (χ0v) is 8.43. The molecule has 1 aromatic rings. The van der Waals surface area contributed by atoms with Crippen molar-refractivity contribution in [2.24, 2.45) is 0 Å². The van der Waals surface area contributed by atoms with E-state index >= 15 is 0 Å². The third-order valence-corrected chi connectivity index (χ3v) is 1.84. The van der Waals surface area contributed by atoms with E-state index in [1.807, 2.05) is 0 Å². The minimum Gasteiger partial charge on any atom is -0.385 e. The summed E-state index contributed by atoms with van der Waals surface area (Å²) in [4.78, 5) is 0. The molecule has 0 fully saturated rings. The largest absolute Gasteiger partial charge is 0.385 e. The lowest BCUT2D eigenvalue weighted by atomic mass is 10.2. The van der Waals surface area contributed by atoms with Crippen LogP contribution in [0.3, 0.4) is 0 Å². The molecule has 0 bridgehead atoms. The Morgan fingerprint density at radius 1 is 0.923 bits per heavy atom. The molecule has 0 radical (unpaired) electrons. The molecule has 0 spiro atoms. The van der Waals surface area contributed by atoms with Crippen molar-refractivity contribution in [3.8, 4) is 0 Å². The van der Waals surface area contributed by atoms with Crippen LogP contribution < -0.4 is 10.6 Å². The van der Waals surface area contributed by atoms with Gasteiger partial charge in [-0.3, -0.25) is 0 Å². The predicted molar refractivity (Wildman–Crippen MR) is 59.4 cm³/mol. The van der Waals surface area contributed by atoms with Gasteiger partial charge in [0.25, 0.3) is 0 Å². The van der Waals surface area contributed by atoms with Gasteiger partial charge in [0, 0.05) is 24.5 Å². The standard InChI is InChI=1S/C11H18N2/c1-3-9-13-11-7-5-10(6-8-11)12-4-2/h5-8,12-13H,3-4,9H2,1-2H3. The van der Waals surface area contributed by atoms with Crippen LogP contribution in [0.5, 0.6) is 0 Å². The van der Waals surface area contributed by atoms with E-state index in [4.69, 9.17) is 0 Å². The van der Waals surface area contributed by atoms with Crippen molar-refractivity contribution in [3.63, 3.8) is 0 Å². The van der Waals surface area contributed by atoms with Crippen LogP contribution in [0.15, 0.2) is 24.3 Å². The van der Waals surface area contributed by atoms with Crippen LogP contribution in [-0.2, 0) is 0 Å². The van der Waals surface area contributed by atoms with Gasteiger partial charge < -0.3 is 10.6 Å². The Morgan fingerprint density at radius 2 is 1.46 bits per heavy atom. The van der Waals surface area contributed by atoms with E-state index in [2.05, 4.69) is 48.7 Å². The van der Waals surface area contributed by atoms with Crippen molar-refractivity contribution in [3.05, 3.63) is 24.3 Å². The van der Waals surface area contributed by atoms with Gasteiger partial charge in [0.1, 0.15) is 0 Å². The molecule has 0 aliphatic rings. The van der Waals surface area contributed by atoms with Gasteiger partial charge in [-0.25, -0.2) is 0 Å². The lowest BCUT2D eigenvalue weighted by molar-refractivity contribution is 0.980. The van der Waals surface area contributed by atoms with E-state index in [0.717, 1.165) is 19.5 Å². The molecule has 13 heavy (non-hydrogen) atoms. The second-order valence-corrected chi connectivity index (χ2v) is 3.03. The lowest BCUT2D eigenvalue weighted by Gasteiger charge is -2.06. The highest BCUT2D eigenvalue weighted by atomic mass is 14.9. The number of anilines is 2. The highest BCUT2D eigenvalue weighted by Gasteiger charge is 1.91. The van der Waals surface area contributed by atoms with Crippen LogP contribution in [-0.4, -0.2) is 13.1 Å². The van der Waals surface area contributed by atoms with Gasteiger partial charge >= 0.3 is 0 Å². The van der Waals surface area contributed by atoms with E-state index in [-0.39, 0.29) is 0 Å². The average molecular weight is 178 g/mol. The SMILES string of the molecule is CCCNc1ccc(NCC)cc1. The molecule has 2 N–H and O–H groups in total. The van der Waals surface area contributed by atoms with Crippen molar-refractivity contribution in [2.75, 3.05) is 23.7 Å². The predicted octanol–water partition coefficient (Wildman–Crippen LogP) is 2.94. The first-order valence-electron chi connectivity index (χ1n) is 4.94. The number of rotatable bonds is 5. The third kappa shape index (κ3) is 3.36. The van der Waals surface area contributed by atoms with Crippen molar-refractivity contribution >= 4 is 11.4 Å². The summed E-state index contributed by atoms with van der Waals surface area (Å²) in [7, 11) is 0. The second kappa shape index (κ2) is 5.46. The summed E-state index contributed by atoms with van der Waals surface area (Å²) in [5, 5.41) is 6.60. The molecule has 2 nitrogen and oxygen atoms in total. The van der Waals surface area contributed by atoms with E-state index < -0.39 is 0 Å². The monoisotopic (exact) mass is 178 g/mol. The zero-order valence-electron chi connectivity index (χ0n) is 8.43. The van der Waals surface area contributed by atoms with Crippen LogP contribution in [0.4, 0.5) is 11.4 Å². The smallest absolute Gasteiger partial charge is 0.0341 e. The van der Waals surface area contributed by atoms with E-state index in [1.54, 1.807) is 0 Å². The summed E-state index contributed by atoms with van der Waals surface area (Å²) in [5.41, 5.74) is 2.38. The number of nitrogens with one attached hydrogen (secondary N) is 2. The van der Waals surface area contributed by atoms with Crippen molar-refractivity contribution in [1.82, 2.24) is 0 Å². The first-order chi connectivity index (χ1) is 6.36. The van der Waals surface area contributed by atoms with Crippen LogP contribution in [0, 0.1) is 0 Å². The van der Waals surface area contributed by atoms with Gasteiger partial charge in [-0.15, -0.1) is 0 Å². The van der Waals surface area contributed by atoms with Crippen LogP contribution in [0.25, 0.3) is 0 Å². The summed E-state index contributed by atoms with van der Waals surface area (Å²) in [6.07, 6.45) is 1.16. The lowest BCUT2D eigenvalue weighted by Crippen LogP contribution is -2.00. The van der Waals surface area contributed by atoms with Crippen molar-refractivity contribution in [1.29, 1.82) is 0 Å². The van der Waals surface area contributed by atoms with Crippen LogP contribution in [0.2, 0.25) is 0 Å². The molecule has 1 aromatic carbocycles. The fourth-order valence-electron chi connectivity index (χ4n) is 1.18. The van der Waals surface area contributed by atoms with Crippen molar-refractivity contribution in [2.45, 2.75) is 20.3 Å². The second-order valence-electron chi connectivity index (χ2n) is 3.03. The summed E-state index contributed by atoms with van der Waals surface area (Å²) < 4.78 is 0. The van der Waals surface area contributed by atoms with Gasteiger partial charge in [0.15, 0.2) is 0 Å². The highest BCUT2D eigenvalue weighted by Crippen LogP contribution is 2.12. The van der Waals surface area contributed by atoms with Gasteiger partial charge in [-0.2, -0.15) is 0 Å². The maximum absolute atomic E-state index is 3.34. The van der Waals surface area contributed by atoms with Crippen LogP contribution >= 0.6 is 0 Å². The Morgan fingerprint density at radius 3 is 1.92 bits per heavy atom. The number of hydrogen-bond acceptors (Lipinski definition) is 2. The molecule has 0 aliphatic heterocycles. The zero-order chi connectivity index (χ0) is 9.52. The van der Waals surface area contributed by atoms with E-state index in [0.29, 0.717) is 0 Å². The highest BCUT2D eigenvalue weighted by molar-refractivity contribution is 5.53. The minimum atomic E-state index is 0.974. The average Bonchev–Trinajstić information content (AvgIpc) is 2.17. The Hall–Kier alpha value is -1.18. The fraction of sp³-hybridized carbons (Fsp3) is 0.455. The molecular formula is C11H18N2. The Kier molecular flexibility index (Phi) is 4.16. The first kappa shape index (κ1) is 9.90. The Bertz CT molecular complexity index is 228. The Balaban J connectivity index is 2.48. The molecule has 0 aromatic heterocycles. The molecule has 0 unspecified atom stereocenters. The summed E-state index contributed by atoms with van der Waals surface area (Å²) in [5.74, 6) is 0. The number of hydrogen-bond donors (Lipinski definition) is 2. The summed E-state index contributed by atoms with van der Waals surface area (Å²) in [6, 6.07) is 8.41. The topological polar surface area (TPSA) is 24.1 Å². The van der Waals surface area contributed by atoms with E-state index in [1.165, 1.54) is 11.4 Å². The van der Waals surface area contributed by atoms with Gasteiger partial charge in [0.2, 0.25) is 0 Å². The quantitative estimate of drug-likeness (QED) is 0.724. The summed E-state index contributed by atoms with van der Waals surface area (Å²) >= 11 is 0. The van der Waals surface area contributed by atoms with Gasteiger partial charge in [-0.05, 0) is 37.6 Å². The molecule has 0 atom stereocenters. The molecule has 0 saturated heterocycles. The molecule has 1 rings (SSSR count). The minimum absolute atomic E-state index is 0.974. The molecule has 0 amide bonds. The maximum Gasteiger partial charge on any atom is 0.0341 e. The molecule has 0 heterocycles. The number of benzene rings is 1. The maximum atomic E-state index is 3.34. The van der Waals surface area contributed by atoms with Crippen LogP contribution in [0.1, 0.15) is 20.3 Å². The molecule has 72 valence electrons. The third-order valence-electron chi connectivity index (χ3n) is 1.84. The van der Waals surface area contributed by atoms with Gasteiger partial charge in [0.05, 0.1) is 0 Å². The fourth-order valence-corrected chi connectivity index (χ4v) is 1.18.